The number of hydrogen-bond donors (Lipinski definition) is 1. The Hall–Kier alpha value is -1.14. The van der Waals surface area contributed by atoms with Crippen molar-refractivity contribution in [3.8, 4) is 0 Å². The molecule has 1 atom stereocenters. The van der Waals surface area contributed by atoms with Gasteiger partial charge in [-0.05, 0) is 25.7 Å². The first kappa shape index (κ1) is 15.7. The van der Waals surface area contributed by atoms with Gasteiger partial charge >= 0.3 is 0 Å². The number of amides is 2. The molecule has 0 aromatic carbocycles. The maximum atomic E-state index is 12.3. The van der Waals surface area contributed by atoms with Crippen LogP contribution in [0.4, 0.5) is 0 Å². The van der Waals surface area contributed by atoms with Gasteiger partial charge in [-0.25, -0.2) is 0 Å². The fourth-order valence-electron chi connectivity index (χ4n) is 3.65. The molecule has 0 spiro atoms. The highest BCUT2D eigenvalue weighted by Gasteiger charge is 2.30. The van der Waals surface area contributed by atoms with Crippen molar-refractivity contribution in [2.45, 2.75) is 50.7 Å². The molecule has 22 heavy (non-hydrogen) atoms. The van der Waals surface area contributed by atoms with E-state index in [1.807, 2.05) is 4.90 Å². The lowest BCUT2D eigenvalue weighted by Gasteiger charge is -2.35. The zero-order valence-electron chi connectivity index (χ0n) is 13.3. The van der Waals surface area contributed by atoms with E-state index in [4.69, 9.17) is 4.74 Å². The van der Waals surface area contributed by atoms with Gasteiger partial charge in [0.1, 0.15) is 6.10 Å². The van der Waals surface area contributed by atoms with Gasteiger partial charge in [-0.3, -0.25) is 14.5 Å². The third kappa shape index (κ3) is 3.98. The van der Waals surface area contributed by atoms with Crippen LogP contribution in [0.5, 0.6) is 0 Å². The molecule has 1 saturated carbocycles. The Morgan fingerprint density at radius 1 is 1.00 bits per heavy atom. The van der Waals surface area contributed by atoms with Gasteiger partial charge in [0.25, 0.3) is 5.91 Å². The van der Waals surface area contributed by atoms with E-state index < -0.39 is 0 Å². The predicted octanol–water partition coefficient (Wildman–Crippen LogP) is 0.368. The smallest absolute Gasteiger partial charge is 0.251 e. The highest BCUT2D eigenvalue weighted by Crippen LogP contribution is 2.18. The van der Waals surface area contributed by atoms with Gasteiger partial charge in [-0.1, -0.05) is 12.8 Å². The fourth-order valence-corrected chi connectivity index (χ4v) is 3.65. The van der Waals surface area contributed by atoms with Crippen LogP contribution in [-0.4, -0.2) is 73.1 Å². The first-order valence-corrected chi connectivity index (χ1v) is 8.64. The SMILES string of the molecule is O=C(CN1CCN(C(=O)[C@@H]2CCCO2)CC1)NC1CCCC1. The Balaban J connectivity index is 1.37. The molecule has 3 rings (SSSR count). The summed E-state index contributed by atoms with van der Waals surface area (Å²) in [5.41, 5.74) is 0. The van der Waals surface area contributed by atoms with Gasteiger partial charge < -0.3 is 15.0 Å². The molecule has 2 heterocycles. The third-order valence-electron chi connectivity index (χ3n) is 4.98. The number of rotatable bonds is 4. The zero-order chi connectivity index (χ0) is 15.4. The molecule has 1 aliphatic carbocycles. The number of piperazine rings is 1. The lowest BCUT2D eigenvalue weighted by atomic mass is 10.2. The monoisotopic (exact) mass is 309 g/mol. The van der Waals surface area contributed by atoms with E-state index in [1.54, 1.807) is 0 Å². The van der Waals surface area contributed by atoms with Gasteiger partial charge in [0.15, 0.2) is 0 Å². The van der Waals surface area contributed by atoms with E-state index >= 15 is 0 Å². The first-order chi connectivity index (χ1) is 10.7. The highest BCUT2D eigenvalue weighted by atomic mass is 16.5. The second kappa shape index (κ2) is 7.42. The lowest BCUT2D eigenvalue weighted by Crippen LogP contribution is -2.53. The Morgan fingerprint density at radius 3 is 2.36 bits per heavy atom. The second-order valence-electron chi connectivity index (χ2n) is 6.65. The summed E-state index contributed by atoms with van der Waals surface area (Å²) in [6.07, 6.45) is 6.31. The molecule has 124 valence electrons. The number of nitrogens with zero attached hydrogens (tertiary/aromatic N) is 2. The zero-order valence-corrected chi connectivity index (χ0v) is 13.3. The summed E-state index contributed by atoms with van der Waals surface area (Å²) in [6, 6.07) is 0.384. The van der Waals surface area contributed by atoms with Crippen LogP contribution >= 0.6 is 0 Å². The molecule has 1 N–H and O–H groups in total. The van der Waals surface area contributed by atoms with Crippen molar-refractivity contribution in [1.82, 2.24) is 15.1 Å². The molecule has 0 aromatic rings. The minimum absolute atomic E-state index is 0.130. The summed E-state index contributed by atoms with van der Waals surface area (Å²) in [5.74, 6) is 0.262. The van der Waals surface area contributed by atoms with Gasteiger partial charge in [-0.2, -0.15) is 0 Å². The number of ether oxygens (including phenoxy) is 1. The molecule has 0 aromatic heterocycles. The average molecular weight is 309 g/mol. The molecule has 3 aliphatic rings. The topological polar surface area (TPSA) is 61.9 Å². The molecule has 0 bridgehead atoms. The Morgan fingerprint density at radius 2 is 1.73 bits per heavy atom. The molecule has 2 saturated heterocycles. The lowest BCUT2D eigenvalue weighted by molar-refractivity contribution is -0.142. The fraction of sp³-hybridized carbons (Fsp3) is 0.875. The van der Waals surface area contributed by atoms with Crippen molar-refractivity contribution in [3.63, 3.8) is 0 Å². The van der Waals surface area contributed by atoms with Gasteiger partial charge in [-0.15, -0.1) is 0 Å². The number of carbonyl (C=O) groups is 2. The summed E-state index contributed by atoms with van der Waals surface area (Å²) in [5, 5.41) is 3.12. The number of carbonyl (C=O) groups excluding carboxylic acids is 2. The van der Waals surface area contributed by atoms with Crippen LogP contribution in [0.3, 0.4) is 0 Å². The normalized spacial score (nSPS) is 27.3. The van der Waals surface area contributed by atoms with Crippen molar-refractivity contribution in [3.05, 3.63) is 0 Å². The van der Waals surface area contributed by atoms with Crippen LogP contribution in [0.15, 0.2) is 0 Å². The van der Waals surface area contributed by atoms with Gasteiger partial charge in [0.2, 0.25) is 5.91 Å². The number of nitrogens with one attached hydrogen (secondary N) is 1. The van der Waals surface area contributed by atoms with Crippen molar-refractivity contribution >= 4 is 11.8 Å². The van der Waals surface area contributed by atoms with Crippen molar-refractivity contribution in [2.24, 2.45) is 0 Å². The van der Waals surface area contributed by atoms with E-state index in [9.17, 15) is 9.59 Å². The largest absolute Gasteiger partial charge is 0.368 e. The Labute approximate surface area is 132 Å². The van der Waals surface area contributed by atoms with Crippen LogP contribution in [0.25, 0.3) is 0 Å². The van der Waals surface area contributed by atoms with E-state index in [2.05, 4.69) is 10.2 Å². The van der Waals surface area contributed by atoms with Crippen LogP contribution in [-0.2, 0) is 14.3 Å². The van der Waals surface area contributed by atoms with Crippen molar-refractivity contribution < 1.29 is 14.3 Å². The maximum Gasteiger partial charge on any atom is 0.251 e. The molecule has 2 amide bonds. The minimum atomic E-state index is -0.225. The van der Waals surface area contributed by atoms with Crippen LogP contribution < -0.4 is 5.32 Å². The van der Waals surface area contributed by atoms with Crippen LogP contribution in [0.2, 0.25) is 0 Å². The average Bonchev–Trinajstić information content (AvgIpc) is 3.20. The van der Waals surface area contributed by atoms with Gasteiger partial charge in [0, 0.05) is 38.8 Å². The maximum absolute atomic E-state index is 12.3. The molecular formula is C16H27N3O3. The van der Waals surface area contributed by atoms with Crippen LogP contribution in [0, 0.1) is 0 Å². The molecule has 6 heteroatoms. The molecule has 6 nitrogen and oxygen atoms in total. The predicted molar refractivity (Wildman–Crippen MR) is 82.4 cm³/mol. The summed E-state index contributed by atoms with van der Waals surface area (Å²) in [6.45, 7) is 4.12. The molecular weight excluding hydrogens is 282 g/mol. The number of hydrogen-bond acceptors (Lipinski definition) is 4. The van der Waals surface area contributed by atoms with Crippen molar-refractivity contribution in [2.75, 3.05) is 39.3 Å². The highest BCUT2D eigenvalue weighted by molar-refractivity contribution is 5.81. The summed E-state index contributed by atoms with van der Waals surface area (Å²) >= 11 is 0. The Kier molecular flexibility index (Phi) is 5.31. The molecule has 2 aliphatic heterocycles. The second-order valence-corrected chi connectivity index (χ2v) is 6.65. The first-order valence-electron chi connectivity index (χ1n) is 8.64. The van der Waals surface area contributed by atoms with E-state index in [0.717, 1.165) is 38.8 Å². The summed E-state index contributed by atoms with van der Waals surface area (Å²) in [7, 11) is 0. The van der Waals surface area contributed by atoms with Crippen molar-refractivity contribution in [1.29, 1.82) is 0 Å². The Bertz CT molecular complexity index is 395. The van der Waals surface area contributed by atoms with E-state index in [-0.39, 0.29) is 17.9 Å². The summed E-state index contributed by atoms with van der Waals surface area (Å²) < 4.78 is 5.46. The van der Waals surface area contributed by atoms with E-state index in [1.165, 1.54) is 12.8 Å². The molecule has 0 unspecified atom stereocenters. The molecule has 3 fully saturated rings. The van der Waals surface area contributed by atoms with Crippen LogP contribution in [0.1, 0.15) is 38.5 Å². The summed E-state index contributed by atoms with van der Waals surface area (Å²) in [4.78, 5) is 28.3. The third-order valence-corrected chi connectivity index (χ3v) is 4.98. The standard InChI is InChI=1S/C16H27N3O3/c20-15(17-13-4-1-2-5-13)12-18-7-9-19(10-8-18)16(21)14-6-3-11-22-14/h13-14H,1-12H2,(H,17,20)/t14-/m0/s1. The van der Waals surface area contributed by atoms with Gasteiger partial charge in [0.05, 0.1) is 6.54 Å². The quantitative estimate of drug-likeness (QED) is 0.815. The minimum Gasteiger partial charge on any atom is -0.368 e. The van der Waals surface area contributed by atoms with E-state index in [0.29, 0.717) is 32.3 Å². The molecule has 0 radical (unpaired) electrons.